The molecule has 0 bridgehead atoms. The molecule has 0 aromatic carbocycles. The van der Waals surface area contributed by atoms with Crippen LogP contribution in [0.3, 0.4) is 0 Å². The van der Waals surface area contributed by atoms with E-state index in [4.69, 9.17) is 4.74 Å². The highest BCUT2D eigenvalue weighted by molar-refractivity contribution is 5.89. The minimum atomic E-state index is -0.457. The van der Waals surface area contributed by atoms with E-state index in [-0.39, 0.29) is 23.8 Å². The molecule has 3 aliphatic rings. The summed E-state index contributed by atoms with van der Waals surface area (Å²) < 4.78 is 5.43. The molecule has 3 unspecified atom stereocenters. The zero-order valence-corrected chi connectivity index (χ0v) is 12.6. The van der Waals surface area contributed by atoms with Crippen LogP contribution in [0, 0.1) is 5.92 Å². The van der Waals surface area contributed by atoms with E-state index >= 15 is 0 Å². The summed E-state index contributed by atoms with van der Waals surface area (Å²) in [6, 6.07) is 0.0360. The SMILES string of the molecule is CC1NCCCC1C(=O)N1CCOCC1C(=O)NC1CC1. The van der Waals surface area contributed by atoms with Crippen molar-refractivity contribution in [3.8, 4) is 0 Å². The number of carbonyl (C=O) groups is 2. The number of carbonyl (C=O) groups excluding carboxylic acids is 2. The van der Waals surface area contributed by atoms with Crippen molar-refractivity contribution < 1.29 is 14.3 Å². The molecule has 2 saturated heterocycles. The molecule has 6 heteroatoms. The van der Waals surface area contributed by atoms with E-state index in [1.807, 2.05) is 0 Å². The van der Waals surface area contributed by atoms with Crippen LogP contribution in [0.5, 0.6) is 0 Å². The molecular formula is C15H25N3O3. The van der Waals surface area contributed by atoms with E-state index in [0.29, 0.717) is 25.8 Å². The normalized spacial score (nSPS) is 33.6. The molecule has 2 N–H and O–H groups in total. The van der Waals surface area contributed by atoms with Gasteiger partial charge in [-0.15, -0.1) is 0 Å². The maximum Gasteiger partial charge on any atom is 0.245 e. The number of ether oxygens (including phenoxy) is 1. The monoisotopic (exact) mass is 295 g/mol. The van der Waals surface area contributed by atoms with E-state index in [2.05, 4.69) is 17.6 Å². The van der Waals surface area contributed by atoms with Gasteiger partial charge >= 0.3 is 0 Å². The second-order valence-electron chi connectivity index (χ2n) is 6.40. The number of rotatable bonds is 3. The van der Waals surface area contributed by atoms with Gasteiger partial charge in [-0.05, 0) is 39.2 Å². The molecule has 0 aromatic heterocycles. The minimum absolute atomic E-state index is 0.0203. The Balaban J connectivity index is 1.67. The number of nitrogens with one attached hydrogen (secondary N) is 2. The number of amides is 2. The summed E-state index contributed by atoms with van der Waals surface area (Å²) in [7, 11) is 0. The van der Waals surface area contributed by atoms with Gasteiger partial charge in [-0.1, -0.05) is 0 Å². The molecule has 6 nitrogen and oxygen atoms in total. The van der Waals surface area contributed by atoms with Crippen LogP contribution < -0.4 is 10.6 Å². The Kier molecular flexibility index (Phi) is 4.45. The summed E-state index contributed by atoms with van der Waals surface area (Å²) in [6.45, 7) is 4.39. The van der Waals surface area contributed by atoms with Crippen molar-refractivity contribution in [2.24, 2.45) is 5.92 Å². The average Bonchev–Trinajstić information content (AvgIpc) is 3.31. The third-order valence-corrected chi connectivity index (χ3v) is 4.72. The number of piperidine rings is 1. The molecule has 3 fully saturated rings. The van der Waals surface area contributed by atoms with Crippen molar-refractivity contribution in [3.63, 3.8) is 0 Å². The van der Waals surface area contributed by atoms with Gasteiger partial charge in [-0.25, -0.2) is 0 Å². The van der Waals surface area contributed by atoms with Gasteiger partial charge < -0.3 is 20.3 Å². The molecule has 21 heavy (non-hydrogen) atoms. The first-order chi connectivity index (χ1) is 10.2. The highest BCUT2D eigenvalue weighted by Crippen LogP contribution is 2.23. The average molecular weight is 295 g/mol. The molecule has 1 saturated carbocycles. The Morgan fingerprint density at radius 3 is 2.81 bits per heavy atom. The Morgan fingerprint density at radius 2 is 2.10 bits per heavy atom. The van der Waals surface area contributed by atoms with E-state index in [1.165, 1.54) is 0 Å². The lowest BCUT2D eigenvalue weighted by Gasteiger charge is -2.39. The highest BCUT2D eigenvalue weighted by Gasteiger charge is 2.39. The van der Waals surface area contributed by atoms with Crippen molar-refractivity contribution in [2.75, 3.05) is 26.3 Å². The van der Waals surface area contributed by atoms with Crippen LogP contribution >= 0.6 is 0 Å². The van der Waals surface area contributed by atoms with Crippen LogP contribution in [0.25, 0.3) is 0 Å². The first-order valence-corrected chi connectivity index (χ1v) is 8.09. The van der Waals surface area contributed by atoms with Gasteiger partial charge in [-0.3, -0.25) is 9.59 Å². The fourth-order valence-electron chi connectivity index (χ4n) is 3.20. The number of morpholine rings is 1. The molecule has 1 aliphatic carbocycles. The maximum absolute atomic E-state index is 12.8. The summed E-state index contributed by atoms with van der Waals surface area (Å²) in [5.41, 5.74) is 0. The summed E-state index contributed by atoms with van der Waals surface area (Å²) in [5, 5.41) is 6.35. The molecule has 2 aliphatic heterocycles. The topological polar surface area (TPSA) is 70.7 Å². The molecule has 2 amide bonds. The van der Waals surface area contributed by atoms with Crippen LogP contribution in [0.2, 0.25) is 0 Å². The molecule has 118 valence electrons. The summed E-state index contributed by atoms with van der Waals surface area (Å²) in [6.07, 6.45) is 4.03. The van der Waals surface area contributed by atoms with Gasteiger partial charge in [-0.2, -0.15) is 0 Å². The van der Waals surface area contributed by atoms with E-state index in [9.17, 15) is 9.59 Å². The largest absolute Gasteiger partial charge is 0.377 e. The molecule has 0 spiro atoms. The van der Waals surface area contributed by atoms with Crippen LogP contribution in [0.4, 0.5) is 0 Å². The Morgan fingerprint density at radius 1 is 1.29 bits per heavy atom. The fourth-order valence-corrected chi connectivity index (χ4v) is 3.20. The Hall–Kier alpha value is -1.14. The Bertz CT molecular complexity index is 411. The van der Waals surface area contributed by atoms with E-state index in [0.717, 1.165) is 32.2 Å². The van der Waals surface area contributed by atoms with Gasteiger partial charge in [0.15, 0.2) is 0 Å². The number of hydrogen-bond donors (Lipinski definition) is 2. The van der Waals surface area contributed by atoms with Crippen molar-refractivity contribution in [1.82, 2.24) is 15.5 Å². The van der Waals surface area contributed by atoms with Crippen molar-refractivity contribution in [2.45, 2.75) is 50.7 Å². The zero-order valence-electron chi connectivity index (χ0n) is 12.6. The molecule has 2 heterocycles. The second-order valence-corrected chi connectivity index (χ2v) is 6.40. The van der Waals surface area contributed by atoms with Crippen molar-refractivity contribution in [3.05, 3.63) is 0 Å². The van der Waals surface area contributed by atoms with Crippen LogP contribution in [-0.2, 0) is 14.3 Å². The first kappa shape index (κ1) is 14.8. The quantitative estimate of drug-likeness (QED) is 0.761. The fraction of sp³-hybridized carbons (Fsp3) is 0.867. The van der Waals surface area contributed by atoms with Crippen LogP contribution in [0.15, 0.2) is 0 Å². The molecule has 0 radical (unpaired) electrons. The molecular weight excluding hydrogens is 270 g/mol. The van der Waals surface area contributed by atoms with Gasteiger partial charge in [0.25, 0.3) is 0 Å². The zero-order chi connectivity index (χ0) is 14.8. The predicted molar refractivity (Wildman–Crippen MR) is 77.7 cm³/mol. The lowest BCUT2D eigenvalue weighted by Crippen LogP contribution is -2.59. The minimum Gasteiger partial charge on any atom is -0.377 e. The van der Waals surface area contributed by atoms with E-state index in [1.54, 1.807) is 4.90 Å². The standard InChI is InChI=1S/C15H25N3O3/c1-10-12(3-2-6-16-10)15(20)18-7-8-21-9-13(18)14(19)17-11-4-5-11/h10-13,16H,2-9H2,1H3,(H,17,19). The van der Waals surface area contributed by atoms with Crippen molar-refractivity contribution in [1.29, 1.82) is 0 Å². The lowest BCUT2D eigenvalue weighted by atomic mass is 9.90. The van der Waals surface area contributed by atoms with E-state index < -0.39 is 6.04 Å². The first-order valence-electron chi connectivity index (χ1n) is 8.09. The third kappa shape index (κ3) is 3.37. The maximum atomic E-state index is 12.8. The highest BCUT2D eigenvalue weighted by atomic mass is 16.5. The van der Waals surface area contributed by atoms with Gasteiger partial charge in [0.05, 0.1) is 19.1 Å². The summed E-state index contributed by atoms with van der Waals surface area (Å²) in [4.78, 5) is 26.9. The van der Waals surface area contributed by atoms with Crippen LogP contribution in [0.1, 0.15) is 32.6 Å². The van der Waals surface area contributed by atoms with Gasteiger partial charge in [0.2, 0.25) is 11.8 Å². The smallest absolute Gasteiger partial charge is 0.245 e. The molecule has 3 atom stereocenters. The lowest BCUT2D eigenvalue weighted by molar-refractivity contribution is -0.152. The second kappa shape index (κ2) is 6.32. The Labute approximate surface area is 125 Å². The predicted octanol–water partition coefficient (Wildman–Crippen LogP) is -0.119. The van der Waals surface area contributed by atoms with Gasteiger partial charge in [0, 0.05) is 18.6 Å². The van der Waals surface area contributed by atoms with Gasteiger partial charge in [0.1, 0.15) is 6.04 Å². The third-order valence-electron chi connectivity index (χ3n) is 4.72. The number of nitrogens with zero attached hydrogens (tertiary/aromatic N) is 1. The molecule has 3 rings (SSSR count). The van der Waals surface area contributed by atoms with Crippen molar-refractivity contribution >= 4 is 11.8 Å². The summed E-state index contributed by atoms with van der Waals surface area (Å²) in [5.74, 6) is 0.0315. The number of hydrogen-bond acceptors (Lipinski definition) is 4. The summed E-state index contributed by atoms with van der Waals surface area (Å²) >= 11 is 0. The van der Waals surface area contributed by atoms with Crippen LogP contribution in [-0.4, -0.2) is 61.1 Å². The molecule has 0 aromatic rings.